The van der Waals surface area contributed by atoms with E-state index in [1.54, 1.807) is 0 Å². The predicted molar refractivity (Wildman–Crippen MR) is 116 cm³/mol. The Morgan fingerprint density at radius 1 is 1.40 bits per heavy atom. The third-order valence-electron chi connectivity index (χ3n) is 4.57. The predicted octanol–water partition coefficient (Wildman–Crippen LogP) is 2.20. The molecule has 2 heterocycles. The number of rotatable bonds is 9. The number of ether oxygens (including phenoxy) is 1. The van der Waals surface area contributed by atoms with Gasteiger partial charge in [0.1, 0.15) is 24.0 Å². The van der Waals surface area contributed by atoms with Gasteiger partial charge in [0.25, 0.3) is 0 Å². The Hall–Kier alpha value is -2.00. The Bertz CT molecular complexity index is 904. The molecule has 1 aromatic heterocycles. The highest BCUT2D eigenvalue weighted by molar-refractivity contribution is 8.00. The first kappa shape index (κ1) is 22.7. The summed E-state index contributed by atoms with van der Waals surface area (Å²) in [4.78, 5) is 37.5. The van der Waals surface area contributed by atoms with Crippen LogP contribution in [-0.2, 0) is 16.1 Å². The fourth-order valence-electron chi connectivity index (χ4n) is 3.04. The largest absolute Gasteiger partial charge is 0.460 e. The monoisotopic (exact) mass is 454 g/mol. The molecule has 1 aliphatic rings. The maximum absolute atomic E-state index is 14.4. The van der Waals surface area contributed by atoms with Crippen LogP contribution in [0.5, 0.6) is 0 Å². The van der Waals surface area contributed by atoms with Crippen molar-refractivity contribution in [1.29, 1.82) is 0 Å². The van der Waals surface area contributed by atoms with E-state index in [0.29, 0.717) is 12.6 Å². The van der Waals surface area contributed by atoms with Crippen LogP contribution < -0.4 is 16.5 Å². The standard InChI is InChI=1S/C19H24FN4O4PS/c20-15-10-14(30-18(15)24-8-6-16(21)23-19(24)26)7-9-29(27)22-11-17(25)28-12-13-4-2-1-3-5-13/h1-6,8,14-15,18,22,27H,7,9-12H2,(H2,21,23,26). The first-order valence-electron chi connectivity index (χ1n) is 9.46. The summed E-state index contributed by atoms with van der Waals surface area (Å²) in [5, 5.41) is 2.08. The van der Waals surface area contributed by atoms with Gasteiger partial charge in [0, 0.05) is 17.6 Å². The maximum Gasteiger partial charge on any atom is 0.350 e. The van der Waals surface area contributed by atoms with Crippen LogP contribution in [0.25, 0.3) is 0 Å². The maximum atomic E-state index is 14.4. The lowest BCUT2D eigenvalue weighted by Crippen LogP contribution is -2.28. The SMILES string of the molecule is Nc1ccn(C2SC(CCP(O)NCC(=O)OCc3ccccc3)CC2F)c(=O)n1. The summed E-state index contributed by atoms with van der Waals surface area (Å²) in [6, 6.07) is 10.8. The van der Waals surface area contributed by atoms with Gasteiger partial charge in [-0.15, -0.1) is 11.8 Å². The number of halogens is 1. The average molecular weight is 454 g/mol. The Labute approximate surface area is 178 Å². The van der Waals surface area contributed by atoms with Crippen LogP contribution in [0.3, 0.4) is 0 Å². The van der Waals surface area contributed by atoms with Crippen LogP contribution in [0.1, 0.15) is 23.8 Å². The Morgan fingerprint density at radius 2 is 2.17 bits per heavy atom. The van der Waals surface area contributed by atoms with E-state index in [0.717, 1.165) is 5.56 Å². The van der Waals surface area contributed by atoms with Gasteiger partial charge in [-0.3, -0.25) is 14.4 Å². The number of benzene rings is 1. The van der Waals surface area contributed by atoms with E-state index in [1.807, 2.05) is 30.3 Å². The second kappa shape index (κ2) is 10.9. The van der Waals surface area contributed by atoms with Crippen LogP contribution >= 0.6 is 20.1 Å². The van der Waals surface area contributed by atoms with Crippen LogP contribution in [0.15, 0.2) is 47.4 Å². The summed E-state index contributed by atoms with van der Waals surface area (Å²) in [5.74, 6) is -0.347. The molecule has 1 saturated heterocycles. The molecule has 0 saturated carbocycles. The lowest BCUT2D eigenvalue weighted by molar-refractivity contribution is -0.143. The molecule has 30 heavy (non-hydrogen) atoms. The minimum Gasteiger partial charge on any atom is -0.460 e. The summed E-state index contributed by atoms with van der Waals surface area (Å²) < 4.78 is 20.8. The molecule has 4 unspecified atom stereocenters. The van der Waals surface area contributed by atoms with Crippen molar-refractivity contribution < 1.29 is 18.8 Å². The molecule has 1 aliphatic heterocycles. The van der Waals surface area contributed by atoms with Crippen LogP contribution in [0.4, 0.5) is 10.2 Å². The van der Waals surface area contributed by atoms with E-state index >= 15 is 0 Å². The molecular formula is C19H24FN4O4PS. The van der Waals surface area contributed by atoms with Crippen molar-refractivity contribution in [3.8, 4) is 0 Å². The number of thioether (sulfide) groups is 1. The van der Waals surface area contributed by atoms with Gasteiger partial charge in [0.05, 0.1) is 14.8 Å². The number of hydrogen-bond donors (Lipinski definition) is 3. The molecule has 3 rings (SSSR count). The summed E-state index contributed by atoms with van der Waals surface area (Å²) in [7, 11) is -1.57. The van der Waals surface area contributed by atoms with E-state index in [4.69, 9.17) is 10.5 Å². The van der Waals surface area contributed by atoms with Crippen molar-refractivity contribution in [3.05, 3.63) is 58.6 Å². The molecule has 4 N–H and O–H groups in total. The van der Waals surface area contributed by atoms with E-state index < -0.39 is 31.5 Å². The number of nitrogens with two attached hydrogens (primary N) is 1. The average Bonchev–Trinajstić information content (AvgIpc) is 3.10. The van der Waals surface area contributed by atoms with Gasteiger partial charge >= 0.3 is 11.7 Å². The Morgan fingerprint density at radius 3 is 2.90 bits per heavy atom. The van der Waals surface area contributed by atoms with Crippen LogP contribution in [0, 0.1) is 0 Å². The second-order valence-corrected chi connectivity index (χ2v) is 9.82. The van der Waals surface area contributed by atoms with Gasteiger partial charge in [-0.25, -0.2) is 9.18 Å². The highest BCUT2D eigenvalue weighted by Gasteiger charge is 2.37. The molecule has 0 spiro atoms. The molecule has 4 atom stereocenters. The molecule has 162 valence electrons. The van der Waals surface area contributed by atoms with Crippen molar-refractivity contribution in [1.82, 2.24) is 14.6 Å². The molecular weight excluding hydrogens is 430 g/mol. The zero-order valence-electron chi connectivity index (χ0n) is 16.2. The molecule has 8 nitrogen and oxygen atoms in total. The second-order valence-electron chi connectivity index (χ2n) is 6.84. The molecule has 2 aromatic rings. The van der Waals surface area contributed by atoms with Gasteiger partial charge in [0.15, 0.2) is 0 Å². The van der Waals surface area contributed by atoms with Gasteiger partial charge in [0.2, 0.25) is 0 Å². The van der Waals surface area contributed by atoms with Crippen LogP contribution in [0.2, 0.25) is 0 Å². The number of nitrogen functional groups attached to an aromatic ring is 1. The number of aromatic nitrogens is 2. The number of nitrogens with one attached hydrogen (secondary N) is 1. The van der Waals surface area contributed by atoms with Crippen molar-refractivity contribution in [3.63, 3.8) is 0 Å². The molecule has 0 amide bonds. The van der Waals surface area contributed by atoms with Gasteiger partial charge in [-0.05, 0) is 24.5 Å². The molecule has 0 bridgehead atoms. The smallest absolute Gasteiger partial charge is 0.350 e. The van der Waals surface area contributed by atoms with Crippen molar-refractivity contribution in [2.75, 3.05) is 18.4 Å². The topological polar surface area (TPSA) is 119 Å². The third kappa shape index (κ3) is 6.50. The summed E-state index contributed by atoms with van der Waals surface area (Å²) >= 11 is 1.35. The quantitative estimate of drug-likeness (QED) is 0.390. The number of esters is 1. The third-order valence-corrected chi connectivity index (χ3v) is 7.39. The van der Waals surface area contributed by atoms with E-state index in [2.05, 4.69) is 10.1 Å². The van der Waals surface area contributed by atoms with Crippen molar-refractivity contribution in [2.24, 2.45) is 0 Å². The molecule has 0 aliphatic carbocycles. The highest BCUT2D eigenvalue weighted by Crippen LogP contribution is 2.45. The Kier molecular flexibility index (Phi) is 8.21. The van der Waals surface area contributed by atoms with Gasteiger partial charge in [-0.2, -0.15) is 4.98 Å². The molecule has 1 aromatic carbocycles. The number of anilines is 1. The number of alkyl halides is 1. The van der Waals surface area contributed by atoms with E-state index in [1.165, 1.54) is 28.6 Å². The number of hydrogen-bond acceptors (Lipinski definition) is 8. The lowest BCUT2D eigenvalue weighted by atomic mass is 10.2. The number of carbonyl (C=O) groups is 1. The summed E-state index contributed by atoms with van der Waals surface area (Å²) in [6.45, 7) is 0.0930. The molecule has 0 radical (unpaired) electrons. The summed E-state index contributed by atoms with van der Waals surface area (Å²) in [6.07, 6.45) is 1.53. The molecule has 11 heteroatoms. The first-order valence-corrected chi connectivity index (χ1v) is 11.9. The van der Waals surface area contributed by atoms with Crippen LogP contribution in [-0.4, -0.2) is 44.5 Å². The Balaban J connectivity index is 1.38. The zero-order chi connectivity index (χ0) is 21.5. The van der Waals surface area contributed by atoms with E-state index in [-0.39, 0.29) is 30.6 Å². The van der Waals surface area contributed by atoms with Crippen molar-refractivity contribution >= 4 is 31.8 Å². The number of carbonyl (C=O) groups excluding carboxylic acids is 1. The normalized spacial score (nSPS) is 22.0. The highest BCUT2D eigenvalue weighted by atomic mass is 32.2. The fraction of sp³-hybridized carbons (Fsp3) is 0.421. The first-order chi connectivity index (χ1) is 14.4. The van der Waals surface area contributed by atoms with E-state index in [9.17, 15) is 18.9 Å². The molecule has 1 fully saturated rings. The summed E-state index contributed by atoms with van der Waals surface area (Å²) in [5.41, 5.74) is 5.79. The minimum absolute atomic E-state index is 0.0431. The lowest BCUT2D eigenvalue weighted by Gasteiger charge is -2.16. The van der Waals surface area contributed by atoms with Gasteiger partial charge in [-0.1, -0.05) is 30.3 Å². The minimum atomic E-state index is -1.57. The fourth-order valence-corrected chi connectivity index (χ4v) is 5.76. The van der Waals surface area contributed by atoms with Crippen molar-refractivity contribution in [2.45, 2.75) is 36.2 Å². The van der Waals surface area contributed by atoms with Gasteiger partial charge < -0.3 is 15.4 Å². The number of nitrogens with zero attached hydrogens (tertiary/aromatic N) is 2. The zero-order valence-corrected chi connectivity index (χ0v) is 17.9.